The van der Waals surface area contributed by atoms with E-state index in [2.05, 4.69) is 23.5 Å². The molecule has 1 fully saturated rings. The van der Waals surface area contributed by atoms with Gasteiger partial charge in [-0.1, -0.05) is 18.9 Å². The van der Waals surface area contributed by atoms with Gasteiger partial charge < -0.3 is 10.1 Å². The first-order valence-corrected chi connectivity index (χ1v) is 8.26. The summed E-state index contributed by atoms with van der Waals surface area (Å²) < 4.78 is 5.40. The Labute approximate surface area is 122 Å². The Morgan fingerprint density at radius 2 is 1.95 bits per heavy atom. The lowest BCUT2D eigenvalue weighted by atomic mass is 9.81. The number of fused-ring (bicyclic) bond motifs is 2. The van der Waals surface area contributed by atoms with E-state index in [1.165, 1.54) is 69.0 Å². The third-order valence-electron chi connectivity index (χ3n) is 5.10. The van der Waals surface area contributed by atoms with E-state index in [1.807, 2.05) is 0 Å². The van der Waals surface area contributed by atoms with Gasteiger partial charge in [0.25, 0.3) is 0 Å². The van der Waals surface area contributed by atoms with Crippen molar-refractivity contribution in [3.63, 3.8) is 0 Å². The van der Waals surface area contributed by atoms with Gasteiger partial charge in [0.1, 0.15) is 5.75 Å². The first-order valence-electron chi connectivity index (χ1n) is 8.26. The highest BCUT2D eigenvalue weighted by molar-refractivity contribution is 5.36. The normalized spacial score (nSPS) is 27.2. The fraction of sp³-hybridized carbons (Fsp3) is 0.667. The molecule has 0 amide bonds. The van der Waals surface area contributed by atoms with Crippen molar-refractivity contribution < 1.29 is 4.74 Å². The Bertz CT molecular complexity index is 443. The van der Waals surface area contributed by atoms with Gasteiger partial charge in [-0.15, -0.1) is 0 Å². The lowest BCUT2D eigenvalue weighted by molar-refractivity contribution is 0.255. The molecule has 1 aliphatic carbocycles. The van der Waals surface area contributed by atoms with E-state index in [1.54, 1.807) is 7.11 Å². The smallest absolute Gasteiger partial charge is 0.119 e. The van der Waals surface area contributed by atoms with Gasteiger partial charge in [0, 0.05) is 6.04 Å². The highest BCUT2D eigenvalue weighted by Gasteiger charge is 2.25. The molecule has 0 saturated carbocycles. The standard InChI is InChI=1S/C18H27NO/c1-20-17-10-9-16-13-18-14(8-5-11-19-18)6-3-2-4-7-15(16)12-17/h9-10,12,14,18-19H,2-8,11,13H2,1H3/t14-,18-/m0/s1. The molecule has 1 N–H and O–H groups in total. The van der Waals surface area contributed by atoms with Crippen LogP contribution in [0, 0.1) is 5.92 Å². The lowest BCUT2D eigenvalue weighted by Crippen LogP contribution is -2.43. The van der Waals surface area contributed by atoms with Crippen molar-refractivity contribution in [2.75, 3.05) is 13.7 Å². The molecule has 2 atom stereocenters. The van der Waals surface area contributed by atoms with E-state index in [4.69, 9.17) is 4.74 Å². The van der Waals surface area contributed by atoms with Crippen LogP contribution < -0.4 is 10.1 Å². The molecule has 0 spiro atoms. The number of hydrogen-bond donors (Lipinski definition) is 1. The monoisotopic (exact) mass is 273 g/mol. The molecule has 2 nitrogen and oxygen atoms in total. The summed E-state index contributed by atoms with van der Waals surface area (Å²) in [5.41, 5.74) is 3.05. The van der Waals surface area contributed by atoms with Crippen molar-refractivity contribution in [2.24, 2.45) is 5.92 Å². The van der Waals surface area contributed by atoms with Crippen molar-refractivity contribution in [2.45, 2.75) is 57.4 Å². The van der Waals surface area contributed by atoms with Gasteiger partial charge in [0.15, 0.2) is 0 Å². The first-order chi connectivity index (χ1) is 9.86. The second-order valence-electron chi connectivity index (χ2n) is 6.40. The van der Waals surface area contributed by atoms with Gasteiger partial charge >= 0.3 is 0 Å². The molecule has 1 saturated heterocycles. The molecular formula is C18H27NO. The van der Waals surface area contributed by atoms with E-state index in [0.29, 0.717) is 6.04 Å². The highest BCUT2D eigenvalue weighted by Crippen LogP contribution is 2.29. The largest absolute Gasteiger partial charge is 0.497 e. The summed E-state index contributed by atoms with van der Waals surface area (Å²) in [5, 5.41) is 3.78. The summed E-state index contributed by atoms with van der Waals surface area (Å²) in [6.45, 7) is 1.20. The minimum Gasteiger partial charge on any atom is -0.497 e. The first kappa shape index (κ1) is 13.9. The highest BCUT2D eigenvalue weighted by atomic mass is 16.5. The number of rotatable bonds is 1. The van der Waals surface area contributed by atoms with Crippen LogP contribution in [0.4, 0.5) is 0 Å². The van der Waals surface area contributed by atoms with E-state index in [-0.39, 0.29) is 0 Å². The van der Waals surface area contributed by atoms with Crippen LogP contribution in [0.1, 0.15) is 49.7 Å². The molecule has 0 radical (unpaired) electrons. The van der Waals surface area contributed by atoms with Crippen molar-refractivity contribution in [3.8, 4) is 5.75 Å². The summed E-state index contributed by atoms with van der Waals surface area (Å²) in [7, 11) is 1.76. The van der Waals surface area contributed by atoms with Crippen LogP contribution in [0.25, 0.3) is 0 Å². The third-order valence-corrected chi connectivity index (χ3v) is 5.10. The molecular weight excluding hydrogens is 246 g/mol. The minimum atomic E-state index is 0.689. The molecule has 2 heteroatoms. The molecule has 1 aliphatic heterocycles. The number of ether oxygens (including phenoxy) is 1. The summed E-state index contributed by atoms with van der Waals surface area (Å²) in [6, 6.07) is 7.37. The summed E-state index contributed by atoms with van der Waals surface area (Å²) in [4.78, 5) is 0. The van der Waals surface area contributed by atoms with E-state index < -0.39 is 0 Å². The van der Waals surface area contributed by atoms with Crippen molar-refractivity contribution in [3.05, 3.63) is 29.3 Å². The van der Waals surface area contributed by atoms with Crippen molar-refractivity contribution >= 4 is 0 Å². The Morgan fingerprint density at radius 1 is 1.05 bits per heavy atom. The minimum absolute atomic E-state index is 0.689. The second kappa shape index (κ2) is 6.62. The number of nitrogens with one attached hydrogen (secondary N) is 1. The Hall–Kier alpha value is -1.02. The van der Waals surface area contributed by atoms with Crippen LogP contribution in [0.5, 0.6) is 5.75 Å². The van der Waals surface area contributed by atoms with Gasteiger partial charge in [-0.2, -0.15) is 0 Å². The van der Waals surface area contributed by atoms with Crippen LogP contribution >= 0.6 is 0 Å². The SMILES string of the molecule is COc1ccc2c(c1)CCCCC[C@H]1CCCN[C@H]1C2. The zero-order valence-corrected chi connectivity index (χ0v) is 12.7. The third kappa shape index (κ3) is 3.17. The van der Waals surface area contributed by atoms with Crippen LogP contribution in [0.15, 0.2) is 18.2 Å². The molecule has 1 aromatic carbocycles. The molecule has 0 aromatic heterocycles. The summed E-state index contributed by atoms with van der Waals surface area (Å²) in [6.07, 6.45) is 10.7. The number of methoxy groups -OCH3 is 1. The van der Waals surface area contributed by atoms with Crippen LogP contribution in [0.3, 0.4) is 0 Å². The second-order valence-corrected chi connectivity index (χ2v) is 6.40. The molecule has 2 aliphatic rings. The number of benzene rings is 1. The zero-order valence-electron chi connectivity index (χ0n) is 12.7. The number of hydrogen-bond acceptors (Lipinski definition) is 2. The van der Waals surface area contributed by atoms with Gasteiger partial charge in [-0.25, -0.2) is 0 Å². The van der Waals surface area contributed by atoms with Crippen LogP contribution in [-0.2, 0) is 12.8 Å². The molecule has 3 rings (SSSR count). The van der Waals surface area contributed by atoms with Crippen molar-refractivity contribution in [1.82, 2.24) is 5.32 Å². The Kier molecular flexibility index (Phi) is 4.62. The summed E-state index contributed by atoms with van der Waals surface area (Å²) in [5.74, 6) is 1.89. The quantitative estimate of drug-likeness (QED) is 0.842. The predicted molar refractivity (Wildman–Crippen MR) is 83.4 cm³/mol. The topological polar surface area (TPSA) is 21.3 Å². The van der Waals surface area contributed by atoms with Gasteiger partial charge in [0.05, 0.1) is 7.11 Å². The van der Waals surface area contributed by atoms with Crippen LogP contribution in [-0.4, -0.2) is 19.7 Å². The van der Waals surface area contributed by atoms with E-state index in [9.17, 15) is 0 Å². The molecule has 1 aromatic rings. The maximum absolute atomic E-state index is 5.40. The lowest BCUT2D eigenvalue weighted by Gasteiger charge is -2.34. The van der Waals surface area contributed by atoms with Gasteiger partial charge in [0.2, 0.25) is 0 Å². The molecule has 0 bridgehead atoms. The average molecular weight is 273 g/mol. The van der Waals surface area contributed by atoms with Crippen molar-refractivity contribution in [1.29, 1.82) is 0 Å². The summed E-state index contributed by atoms with van der Waals surface area (Å²) >= 11 is 0. The van der Waals surface area contributed by atoms with Gasteiger partial charge in [-0.05, 0) is 74.2 Å². The maximum Gasteiger partial charge on any atom is 0.119 e. The zero-order chi connectivity index (χ0) is 13.8. The van der Waals surface area contributed by atoms with Crippen LogP contribution in [0.2, 0.25) is 0 Å². The van der Waals surface area contributed by atoms with Gasteiger partial charge in [-0.3, -0.25) is 0 Å². The molecule has 20 heavy (non-hydrogen) atoms. The number of aryl methyl sites for hydroxylation is 1. The molecule has 1 heterocycles. The fourth-order valence-electron chi connectivity index (χ4n) is 3.90. The van der Waals surface area contributed by atoms with E-state index >= 15 is 0 Å². The fourth-order valence-corrected chi connectivity index (χ4v) is 3.90. The Balaban J connectivity index is 1.85. The predicted octanol–water partition coefficient (Wildman–Crippen LogP) is 3.72. The number of piperidine rings is 1. The Morgan fingerprint density at radius 3 is 2.85 bits per heavy atom. The van der Waals surface area contributed by atoms with E-state index in [0.717, 1.165) is 11.7 Å². The maximum atomic E-state index is 5.40. The molecule has 0 unspecified atom stereocenters. The molecule has 110 valence electrons. The average Bonchev–Trinajstić information content (AvgIpc) is 2.50.